The summed E-state index contributed by atoms with van der Waals surface area (Å²) in [5.41, 5.74) is 1.73. The Morgan fingerprint density at radius 1 is 1.52 bits per heavy atom. The van der Waals surface area contributed by atoms with Crippen molar-refractivity contribution in [1.29, 1.82) is 5.26 Å². The van der Waals surface area contributed by atoms with E-state index in [1.807, 2.05) is 19.9 Å². The number of hydrogen-bond acceptors (Lipinski definition) is 4. The van der Waals surface area contributed by atoms with Gasteiger partial charge in [-0.3, -0.25) is 9.59 Å². The molecule has 1 fully saturated rings. The maximum absolute atomic E-state index is 12.5. The highest BCUT2D eigenvalue weighted by Gasteiger charge is 2.62. The lowest BCUT2D eigenvalue weighted by atomic mass is 10.1. The van der Waals surface area contributed by atoms with Gasteiger partial charge in [-0.15, -0.1) is 12.3 Å². The molecule has 2 aliphatic rings. The summed E-state index contributed by atoms with van der Waals surface area (Å²) in [6.07, 6.45) is 7.06. The van der Waals surface area contributed by atoms with Gasteiger partial charge in [-0.1, -0.05) is 19.9 Å². The van der Waals surface area contributed by atoms with Crippen LogP contribution in [0.25, 0.3) is 0 Å². The van der Waals surface area contributed by atoms with Gasteiger partial charge in [-0.25, -0.2) is 0 Å². The molecule has 3 atom stereocenters. The molecule has 1 saturated carbocycles. The van der Waals surface area contributed by atoms with Crippen LogP contribution in [0, 0.1) is 40.9 Å². The van der Waals surface area contributed by atoms with E-state index in [4.69, 9.17) is 16.4 Å². The van der Waals surface area contributed by atoms with E-state index < -0.39 is 6.10 Å². The number of ketones is 1. The maximum atomic E-state index is 12.5. The highest BCUT2D eigenvalue weighted by Crippen LogP contribution is 2.60. The summed E-state index contributed by atoms with van der Waals surface area (Å²) >= 11 is 0. The summed E-state index contributed by atoms with van der Waals surface area (Å²) in [7, 11) is 0. The molecule has 0 amide bonds. The van der Waals surface area contributed by atoms with Crippen molar-refractivity contribution in [2.75, 3.05) is 0 Å². The van der Waals surface area contributed by atoms with Crippen molar-refractivity contribution in [2.45, 2.75) is 46.6 Å². The number of allylic oxidation sites excluding steroid dienone is 3. The van der Waals surface area contributed by atoms with Crippen molar-refractivity contribution in [3.8, 4) is 18.4 Å². The lowest BCUT2D eigenvalue weighted by Gasteiger charge is -2.13. The third-order valence-corrected chi connectivity index (χ3v) is 4.97. The predicted molar refractivity (Wildman–Crippen MR) is 85.8 cm³/mol. The molecule has 0 aliphatic heterocycles. The number of terminal acetylenes is 1. The van der Waals surface area contributed by atoms with E-state index in [1.54, 1.807) is 13.8 Å². The lowest BCUT2D eigenvalue weighted by molar-refractivity contribution is -0.150. The fraction of sp³-hybridized carbons (Fsp3) is 0.526. The average molecular weight is 311 g/mol. The predicted octanol–water partition coefficient (Wildman–Crippen LogP) is 2.95. The molecular weight excluding hydrogens is 290 g/mol. The Bertz CT molecular complexity index is 697. The number of nitrogens with zero attached hydrogens (tertiary/aromatic N) is 1. The molecule has 0 bridgehead atoms. The van der Waals surface area contributed by atoms with E-state index >= 15 is 0 Å². The number of carbonyl (C=O) groups excluding carboxylic acids is 2. The summed E-state index contributed by atoms with van der Waals surface area (Å²) < 4.78 is 5.58. The van der Waals surface area contributed by atoms with E-state index in [0.29, 0.717) is 11.1 Å². The monoisotopic (exact) mass is 311 g/mol. The van der Waals surface area contributed by atoms with Gasteiger partial charge in [0, 0.05) is 17.6 Å². The Hall–Kier alpha value is -2.33. The number of esters is 1. The van der Waals surface area contributed by atoms with Crippen LogP contribution in [0.4, 0.5) is 0 Å². The van der Waals surface area contributed by atoms with Crippen molar-refractivity contribution in [3.05, 3.63) is 22.8 Å². The van der Waals surface area contributed by atoms with E-state index in [0.717, 1.165) is 5.57 Å². The average Bonchev–Trinajstić information content (AvgIpc) is 2.92. The number of Topliss-reactive ketones (excluding diaryl/α,β-unsaturated/α-hetero) is 1. The summed E-state index contributed by atoms with van der Waals surface area (Å²) in [6, 6.07) is 2.08. The van der Waals surface area contributed by atoms with E-state index in [2.05, 4.69) is 12.0 Å². The van der Waals surface area contributed by atoms with Gasteiger partial charge in [-0.05, 0) is 30.8 Å². The van der Waals surface area contributed by atoms with Crippen LogP contribution in [0.2, 0.25) is 0 Å². The zero-order valence-electron chi connectivity index (χ0n) is 14.0. The van der Waals surface area contributed by atoms with Gasteiger partial charge in [-0.2, -0.15) is 5.26 Å². The summed E-state index contributed by atoms with van der Waals surface area (Å²) in [6.45, 7) is 7.49. The first-order valence-corrected chi connectivity index (χ1v) is 7.69. The normalized spacial score (nSPS) is 29.0. The third kappa shape index (κ3) is 3.08. The SMILES string of the molecule is C#CCC1=C(C)[C@@H](OC(=O)[C@@H]2[C@@H](C=C(C)C#N)C2(C)C)CC1=O. The lowest BCUT2D eigenvalue weighted by Crippen LogP contribution is -2.20. The Labute approximate surface area is 137 Å². The van der Waals surface area contributed by atoms with Crippen molar-refractivity contribution in [1.82, 2.24) is 0 Å². The summed E-state index contributed by atoms with van der Waals surface area (Å²) in [5.74, 6) is 1.86. The molecule has 23 heavy (non-hydrogen) atoms. The van der Waals surface area contributed by atoms with Crippen LogP contribution in [0.5, 0.6) is 0 Å². The zero-order chi connectivity index (χ0) is 17.4. The molecule has 0 aromatic carbocycles. The fourth-order valence-electron chi connectivity index (χ4n) is 3.29. The molecule has 2 aliphatic carbocycles. The van der Waals surface area contributed by atoms with Gasteiger partial charge < -0.3 is 4.74 Å². The first kappa shape index (κ1) is 17.0. The molecule has 0 saturated heterocycles. The number of hydrogen-bond donors (Lipinski definition) is 0. The molecule has 0 spiro atoms. The molecule has 0 N–H and O–H groups in total. The number of nitriles is 1. The maximum Gasteiger partial charge on any atom is 0.310 e. The van der Waals surface area contributed by atoms with Crippen LogP contribution < -0.4 is 0 Å². The van der Waals surface area contributed by atoms with Crippen molar-refractivity contribution in [2.24, 2.45) is 17.3 Å². The first-order valence-electron chi connectivity index (χ1n) is 7.69. The summed E-state index contributed by atoms with van der Waals surface area (Å²) in [5, 5.41) is 8.89. The van der Waals surface area contributed by atoms with Crippen LogP contribution in [-0.2, 0) is 14.3 Å². The Kier molecular flexibility index (Phi) is 4.48. The van der Waals surface area contributed by atoms with Crippen LogP contribution in [0.1, 0.15) is 40.5 Å². The van der Waals surface area contributed by atoms with Gasteiger partial charge >= 0.3 is 5.97 Å². The molecule has 4 heteroatoms. The standard InChI is InChI=1S/C19H21NO3/c1-6-7-13-12(3)16(9-15(13)21)23-18(22)17-14(19(17,4)5)8-11(2)10-20/h1,8,14,16-17H,7,9H2,2-5H3/t14-,16+,17+/m1/s1. The quantitative estimate of drug-likeness (QED) is 0.455. The minimum absolute atomic E-state index is 0.00113. The van der Waals surface area contributed by atoms with E-state index in [-0.39, 0.29) is 41.8 Å². The molecule has 0 unspecified atom stereocenters. The smallest absolute Gasteiger partial charge is 0.310 e. The molecule has 0 heterocycles. The van der Waals surface area contributed by atoms with Crippen LogP contribution in [0.3, 0.4) is 0 Å². The highest BCUT2D eigenvalue weighted by molar-refractivity contribution is 6.00. The van der Waals surface area contributed by atoms with Crippen molar-refractivity contribution >= 4 is 11.8 Å². The number of ether oxygens (including phenoxy) is 1. The molecular formula is C19H21NO3. The van der Waals surface area contributed by atoms with Crippen molar-refractivity contribution in [3.63, 3.8) is 0 Å². The molecule has 2 rings (SSSR count). The number of rotatable bonds is 4. The van der Waals surface area contributed by atoms with Gasteiger partial charge in [0.15, 0.2) is 5.78 Å². The zero-order valence-corrected chi connectivity index (χ0v) is 14.0. The van der Waals surface area contributed by atoms with Crippen LogP contribution >= 0.6 is 0 Å². The molecule has 120 valence electrons. The topological polar surface area (TPSA) is 67.2 Å². The first-order chi connectivity index (χ1) is 10.7. The minimum atomic E-state index is -0.503. The molecule has 0 aromatic rings. The van der Waals surface area contributed by atoms with Gasteiger partial charge in [0.2, 0.25) is 0 Å². The van der Waals surface area contributed by atoms with Gasteiger partial charge in [0.05, 0.1) is 18.4 Å². The van der Waals surface area contributed by atoms with Gasteiger partial charge in [0.25, 0.3) is 0 Å². The summed E-state index contributed by atoms with van der Waals surface area (Å²) in [4.78, 5) is 24.4. The molecule has 0 aromatic heterocycles. The van der Waals surface area contributed by atoms with Crippen LogP contribution in [-0.4, -0.2) is 17.9 Å². The van der Waals surface area contributed by atoms with E-state index in [9.17, 15) is 9.59 Å². The third-order valence-electron chi connectivity index (χ3n) is 4.97. The Balaban J connectivity index is 2.09. The Morgan fingerprint density at radius 2 is 2.17 bits per heavy atom. The second kappa shape index (κ2) is 6.05. The molecule has 0 radical (unpaired) electrons. The van der Waals surface area contributed by atoms with Crippen molar-refractivity contribution < 1.29 is 14.3 Å². The largest absolute Gasteiger partial charge is 0.457 e. The second-order valence-electron chi connectivity index (χ2n) is 6.88. The highest BCUT2D eigenvalue weighted by atomic mass is 16.5. The minimum Gasteiger partial charge on any atom is -0.457 e. The van der Waals surface area contributed by atoms with E-state index in [1.165, 1.54) is 0 Å². The van der Waals surface area contributed by atoms with Gasteiger partial charge in [0.1, 0.15) is 6.10 Å². The molecule has 4 nitrogen and oxygen atoms in total. The number of carbonyl (C=O) groups is 2. The second-order valence-corrected chi connectivity index (χ2v) is 6.88. The fourth-order valence-corrected chi connectivity index (χ4v) is 3.29. The van der Waals surface area contributed by atoms with Crippen LogP contribution in [0.15, 0.2) is 22.8 Å². The Morgan fingerprint density at radius 3 is 2.74 bits per heavy atom.